The number of hydrogen-bond acceptors (Lipinski definition) is 1. The lowest BCUT2D eigenvalue weighted by molar-refractivity contribution is 0.240. The van der Waals surface area contributed by atoms with Crippen LogP contribution >= 0.6 is 0 Å². The maximum Gasteiger partial charge on any atom is 0.0493 e. The van der Waals surface area contributed by atoms with Crippen LogP contribution in [-0.2, 0) is 0 Å². The van der Waals surface area contributed by atoms with Crippen molar-refractivity contribution in [1.82, 2.24) is 0 Å². The molecular weight excluding hydrogens is 112 g/mol. The Kier molecular flexibility index (Phi) is 2.29. The van der Waals surface area contributed by atoms with Crippen LogP contribution in [0.3, 0.4) is 0 Å². The van der Waals surface area contributed by atoms with Gasteiger partial charge in [-0.15, -0.1) is 0 Å². The minimum absolute atomic E-state index is 0.331. The van der Waals surface area contributed by atoms with E-state index < -0.39 is 0 Å². The molecule has 0 aromatic rings. The van der Waals surface area contributed by atoms with Crippen molar-refractivity contribution in [3.05, 3.63) is 11.6 Å². The van der Waals surface area contributed by atoms with Gasteiger partial charge in [0.1, 0.15) is 0 Å². The summed E-state index contributed by atoms with van der Waals surface area (Å²) in [6.07, 6.45) is 5.86. The normalized spacial score (nSPS) is 27.8. The van der Waals surface area contributed by atoms with Crippen molar-refractivity contribution in [2.24, 2.45) is 5.92 Å². The molecule has 0 aliphatic heterocycles. The summed E-state index contributed by atoms with van der Waals surface area (Å²) in [6.45, 7) is 2.47. The maximum atomic E-state index is 8.76. The molecular formula is C8H14O. The van der Waals surface area contributed by atoms with Crippen molar-refractivity contribution >= 4 is 0 Å². The fraction of sp³-hybridized carbons (Fsp3) is 0.750. The van der Waals surface area contributed by atoms with Gasteiger partial charge >= 0.3 is 0 Å². The van der Waals surface area contributed by atoms with E-state index in [-0.39, 0.29) is 0 Å². The van der Waals surface area contributed by atoms with Crippen LogP contribution in [0.2, 0.25) is 0 Å². The lowest BCUT2D eigenvalue weighted by Gasteiger charge is -2.16. The van der Waals surface area contributed by atoms with Crippen molar-refractivity contribution in [3.63, 3.8) is 0 Å². The van der Waals surface area contributed by atoms with Crippen LogP contribution < -0.4 is 0 Å². The van der Waals surface area contributed by atoms with Gasteiger partial charge in [-0.05, 0) is 26.2 Å². The van der Waals surface area contributed by atoms with Gasteiger partial charge in [0.25, 0.3) is 0 Å². The van der Waals surface area contributed by atoms with Crippen LogP contribution in [0.4, 0.5) is 0 Å². The van der Waals surface area contributed by atoms with Crippen molar-refractivity contribution in [1.29, 1.82) is 0 Å². The number of hydrogen-bond donors (Lipinski definition) is 1. The Balaban J connectivity index is 2.47. The van der Waals surface area contributed by atoms with Gasteiger partial charge < -0.3 is 5.11 Å². The monoisotopic (exact) mass is 126 g/mol. The highest BCUT2D eigenvalue weighted by Crippen LogP contribution is 2.21. The molecule has 1 nitrogen and oxygen atoms in total. The van der Waals surface area contributed by atoms with Gasteiger partial charge in [0, 0.05) is 12.5 Å². The summed E-state index contributed by atoms with van der Waals surface area (Å²) in [5.41, 5.74) is 1.44. The molecule has 0 unspecified atom stereocenters. The molecule has 52 valence electrons. The molecule has 0 saturated carbocycles. The van der Waals surface area contributed by atoms with Gasteiger partial charge in [-0.25, -0.2) is 0 Å². The van der Waals surface area contributed by atoms with Gasteiger partial charge in [0.05, 0.1) is 0 Å². The summed E-state index contributed by atoms with van der Waals surface area (Å²) in [6, 6.07) is 0. The van der Waals surface area contributed by atoms with Crippen molar-refractivity contribution in [3.8, 4) is 0 Å². The second-order valence-electron chi connectivity index (χ2n) is 2.85. The standard InChI is InChI=1S/C8H14O/c1-7-3-2-4-8(5-7)6-9/h5,8-9H,2-4,6H2,1H3/t8-/m0/s1. The summed E-state index contributed by atoms with van der Waals surface area (Å²) in [5.74, 6) is 0.457. The van der Waals surface area contributed by atoms with Crippen LogP contribution in [-0.4, -0.2) is 11.7 Å². The second-order valence-corrected chi connectivity index (χ2v) is 2.85. The molecule has 0 aromatic heterocycles. The van der Waals surface area contributed by atoms with Gasteiger partial charge in [-0.1, -0.05) is 11.6 Å². The molecule has 1 rings (SSSR count). The molecule has 0 aromatic carbocycles. The molecule has 1 aliphatic carbocycles. The van der Waals surface area contributed by atoms with E-state index in [1.54, 1.807) is 0 Å². The first-order chi connectivity index (χ1) is 4.33. The number of aliphatic hydroxyl groups excluding tert-OH is 1. The van der Waals surface area contributed by atoms with Crippen LogP contribution in [0.15, 0.2) is 11.6 Å². The molecule has 0 amide bonds. The molecule has 0 fully saturated rings. The van der Waals surface area contributed by atoms with E-state index in [1.807, 2.05) is 0 Å². The Morgan fingerprint density at radius 1 is 1.78 bits per heavy atom. The number of allylic oxidation sites excluding steroid dienone is 1. The SMILES string of the molecule is CC1=C[C@@H](CO)CCC1. The zero-order valence-corrected chi connectivity index (χ0v) is 5.93. The average molecular weight is 126 g/mol. The third kappa shape index (κ3) is 1.83. The van der Waals surface area contributed by atoms with Gasteiger partial charge in [0.15, 0.2) is 0 Å². The van der Waals surface area contributed by atoms with E-state index in [0.29, 0.717) is 12.5 Å². The lowest BCUT2D eigenvalue weighted by Crippen LogP contribution is -2.07. The van der Waals surface area contributed by atoms with Crippen LogP contribution in [0.5, 0.6) is 0 Å². The highest BCUT2D eigenvalue weighted by atomic mass is 16.3. The van der Waals surface area contributed by atoms with Gasteiger partial charge in [-0.3, -0.25) is 0 Å². The molecule has 9 heavy (non-hydrogen) atoms. The summed E-state index contributed by atoms with van der Waals surface area (Å²) in [5, 5.41) is 8.76. The average Bonchev–Trinajstić information content (AvgIpc) is 1.88. The zero-order chi connectivity index (χ0) is 6.69. The van der Waals surface area contributed by atoms with Gasteiger partial charge in [-0.2, -0.15) is 0 Å². The molecule has 0 spiro atoms. The quantitative estimate of drug-likeness (QED) is 0.530. The van der Waals surface area contributed by atoms with E-state index in [2.05, 4.69) is 13.0 Å². The third-order valence-electron chi connectivity index (χ3n) is 1.90. The molecule has 0 saturated heterocycles. The molecule has 1 atom stereocenters. The van der Waals surface area contributed by atoms with E-state index in [1.165, 1.54) is 24.8 Å². The summed E-state index contributed by atoms with van der Waals surface area (Å²) < 4.78 is 0. The Labute approximate surface area is 56.4 Å². The largest absolute Gasteiger partial charge is 0.396 e. The fourth-order valence-corrected chi connectivity index (χ4v) is 1.36. The molecule has 0 radical (unpaired) electrons. The Hall–Kier alpha value is -0.300. The highest BCUT2D eigenvalue weighted by Gasteiger charge is 2.08. The summed E-state index contributed by atoms with van der Waals surface area (Å²) in [7, 11) is 0. The molecule has 0 heterocycles. The summed E-state index contributed by atoms with van der Waals surface area (Å²) in [4.78, 5) is 0. The van der Waals surface area contributed by atoms with Crippen molar-refractivity contribution < 1.29 is 5.11 Å². The van der Waals surface area contributed by atoms with E-state index >= 15 is 0 Å². The Bertz CT molecular complexity index is 116. The minimum Gasteiger partial charge on any atom is -0.396 e. The van der Waals surface area contributed by atoms with Crippen molar-refractivity contribution in [2.75, 3.05) is 6.61 Å². The topological polar surface area (TPSA) is 20.2 Å². The van der Waals surface area contributed by atoms with Crippen LogP contribution in [0.1, 0.15) is 26.2 Å². The van der Waals surface area contributed by atoms with Crippen molar-refractivity contribution in [2.45, 2.75) is 26.2 Å². The van der Waals surface area contributed by atoms with E-state index in [4.69, 9.17) is 5.11 Å². The zero-order valence-electron chi connectivity index (χ0n) is 5.93. The van der Waals surface area contributed by atoms with E-state index in [9.17, 15) is 0 Å². The first-order valence-electron chi connectivity index (χ1n) is 3.61. The highest BCUT2D eigenvalue weighted by molar-refractivity contribution is 5.04. The number of aliphatic hydroxyl groups is 1. The molecule has 0 bridgehead atoms. The smallest absolute Gasteiger partial charge is 0.0493 e. The molecule has 1 N–H and O–H groups in total. The van der Waals surface area contributed by atoms with Crippen LogP contribution in [0.25, 0.3) is 0 Å². The predicted octanol–water partition coefficient (Wildman–Crippen LogP) is 1.73. The Morgan fingerprint density at radius 3 is 3.00 bits per heavy atom. The fourth-order valence-electron chi connectivity index (χ4n) is 1.36. The second kappa shape index (κ2) is 3.02. The maximum absolute atomic E-state index is 8.76. The van der Waals surface area contributed by atoms with Gasteiger partial charge in [0.2, 0.25) is 0 Å². The van der Waals surface area contributed by atoms with E-state index in [0.717, 1.165) is 0 Å². The predicted molar refractivity (Wildman–Crippen MR) is 38.2 cm³/mol. The Morgan fingerprint density at radius 2 is 2.56 bits per heavy atom. The summed E-state index contributed by atoms with van der Waals surface area (Å²) >= 11 is 0. The molecule has 1 aliphatic rings. The first-order valence-corrected chi connectivity index (χ1v) is 3.61. The third-order valence-corrected chi connectivity index (χ3v) is 1.90. The minimum atomic E-state index is 0.331. The molecule has 1 heteroatoms. The lowest BCUT2D eigenvalue weighted by atomic mass is 9.92. The number of rotatable bonds is 1. The first kappa shape index (κ1) is 6.81. The van der Waals surface area contributed by atoms with Crippen LogP contribution in [0, 0.1) is 5.92 Å².